The highest BCUT2D eigenvalue weighted by atomic mass is 19.1. The topological polar surface area (TPSA) is 95.5 Å². The van der Waals surface area contributed by atoms with E-state index < -0.39 is 0 Å². The van der Waals surface area contributed by atoms with Gasteiger partial charge in [-0.1, -0.05) is 0 Å². The van der Waals surface area contributed by atoms with Crippen molar-refractivity contribution in [2.24, 2.45) is 0 Å². The number of hydrogen-bond donors (Lipinski definition) is 2. The van der Waals surface area contributed by atoms with Crippen LogP contribution in [0.15, 0.2) is 49.1 Å². The molecule has 5 aromatic heterocycles. The minimum atomic E-state index is -0.382. The summed E-state index contributed by atoms with van der Waals surface area (Å²) >= 11 is 0. The predicted molar refractivity (Wildman–Crippen MR) is 140 cm³/mol. The molecule has 1 unspecified atom stereocenters. The molecule has 1 saturated carbocycles. The van der Waals surface area contributed by atoms with Crippen molar-refractivity contribution < 1.29 is 4.39 Å². The molecule has 2 aliphatic heterocycles. The first-order valence-electron chi connectivity index (χ1n) is 13.0. The van der Waals surface area contributed by atoms with Gasteiger partial charge in [-0.25, -0.2) is 19.3 Å². The molecule has 0 amide bonds. The molecule has 8 rings (SSSR count). The van der Waals surface area contributed by atoms with E-state index in [2.05, 4.69) is 30.2 Å². The maximum Gasteiger partial charge on any atom is 0.163 e. The minimum absolute atomic E-state index is 0.265. The van der Waals surface area contributed by atoms with Crippen LogP contribution in [0.2, 0.25) is 0 Å². The second-order valence-corrected chi connectivity index (χ2v) is 10.3. The van der Waals surface area contributed by atoms with E-state index in [-0.39, 0.29) is 11.5 Å². The summed E-state index contributed by atoms with van der Waals surface area (Å²) in [7, 11) is 0. The van der Waals surface area contributed by atoms with Gasteiger partial charge in [-0.3, -0.25) is 9.97 Å². The van der Waals surface area contributed by atoms with Gasteiger partial charge < -0.3 is 15.2 Å². The van der Waals surface area contributed by atoms with Crippen molar-refractivity contribution in [1.82, 2.24) is 35.2 Å². The Morgan fingerprint density at radius 2 is 1.95 bits per heavy atom. The number of anilines is 1. The molecule has 2 N–H and O–H groups in total. The third kappa shape index (κ3) is 3.33. The highest BCUT2D eigenvalue weighted by Crippen LogP contribution is 2.46. The molecule has 2 saturated heterocycles. The zero-order valence-corrected chi connectivity index (χ0v) is 20.2. The lowest BCUT2D eigenvalue weighted by Crippen LogP contribution is -2.35. The second kappa shape index (κ2) is 8.01. The Morgan fingerprint density at radius 3 is 2.84 bits per heavy atom. The number of aromatic nitrogens is 6. The molecule has 7 heterocycles. The Bertz CT molecular complexity index is 1680. The molecular weight excluding hydrogens is 467 g/mol. The number of aromatic amines is 1. The minimum Gasteiger partial charge on any atom is -0.351 e. The van der Waals surface area contributed by atoms with Gasteiger partial charge in [0.1, 0.15) is 17.2 Å². The van der Waals surface area contributed by atoms with Gasteiger partial charge >= 0.3 is 0 Å². The van der Waals surface area contributed by atoms with Crippen LogP contribution < -0.4 is 10.2 Å². The molecule has 0 aromatic carbocycles. The van der Waals surface area contributed by atoms with E-state index in [1.54, 1.807) is 18.5 Å². The summed E-state index contributed by atoms with van der Waals surface area (Å²) in [6.45, 7) is 2.01. The number of pyridine rings is 3. The van der Waals surface area contributed by atoms with Gasteiger partial charge in [0.25, 0.3) is 0 Å². The maximum absolute atomic E-state index is 14.5. The molecule has 3 aliphatic rings. The monoisotopic (exact) mass is 492 g/mol. The van der Waals surface area contributed by atoms with Gasteiger partial charge in [0.05, 0.1) is 17.4 Å². The predicted octanol–water partition coefficient (Wildman–Crippen LogP) is 4.59. The highest BCUT2D eigenvalue weighted by molar-refractivity contribution is 5.98. The van der Waals surface area contributed by atoms with Crippen LogP contribution in [-0.2, 0) is 0 Å². The van der Waals surface area contributed by atoms with Crippen LogP contribution in [0, 0.1) is 5.82 Å². The summed E-state index contributed by atoms with van der Waals surface area (Å²) in [6.07, 6.45) is 11.8. The van der Waals surface area contributed by atoms with Crippen LogP contribution >= 0.6 is 0 Å². The van der Waals surface area contributed by atoms with Crippen LogP contribution in [0.4, 0.5) is 10.2 Å². The summed E-state index contributed by atoms with van der Waals surface area (Å²) in [5.74, 6) is 1.80. The average molecular weight is 493 g/mol. The smallest absolute Gasteiger partial charge is 0.163 e. The quantitative estimate of drug-likeness (QED) is 0.379. The van der Waals surface area contributed by atoms with E-state index >= 15 is 0 Å². The molecule has 0 radical (unpaired) electrons. The van der Waals surface area contributed by atoms with Gasteiger partial charge in [-0.2, -0.15) is 0 Å². The maximum atomic E-state index is 14.5. The van der Waals surface area contributed by atoms with E-state index in [9.17, 15) is 4.39 Å². The van der Waals surface area contributed by atoms with E-state index in [0.717, 1.165) is 53.6 Å². The van der Waals surface area contributed by atoms with E-state index in [4.69, 9.17) is 9.97 Å². The Hall–Kier alpha value is -3.98. The normalized spacial score (nSPS) is 21.3. The van der Waals surface area contributed by atoms with Crippen molar-refractivity contribution in [3.63, 3.8) is 0 Å². The Morgan fingerprint density at radius 1 is 1.00 bits per heavy atom. The standard InChI is InChI=1S/C28H25FN8/c29-19-2-1-8-32-25(19)21-12-17-16(5-9-33-26(17)34-21)27-35-22-14-30-13-18(15-3-4-15)24(22)28(36-27)37-11-7-20-23(37)6-10-31-20/h1-2,5,8-9,12-15,20,23,31H,3-4,6-7,10-11H2,(H,33,34)/t20?,23-/m1/s1. The molecule has 5 aromatic rings. The number of hydrogen-bond acceptors (Lipinski definition) is 7. The summed E-state index contributed by atoms with van der Waals surface area (Å²) in [5, 5.41) is 5.64. The lowest BCUT2D eigenvalue weighted by atomic mass is 10.1. The molecule has 184 valence electrons. The first-order chi connectivity index (χ1) is 18.2. The van der Waals surface area contributed by atoms with Crippen molar-refractivity contribution in [3.05, 3.63) is 60.4 Å². The molecule has 0 bridgehead atoms. The number of nitrogens with zero attached hydrogens (tertiary/aromatic N) is 6. The Kier molecular flexibility index (Phi) is 4.58. The largest absolute Gasteiger partial charge is 0.351 e. The highest BCUT2D eigenvalue weighted by Gasteiger charge is 2.40. The van der Waals surface area contributed by atoms with Crippen LogP contribution in [0.5, 0.6) is 0 Å². The van der Waals surface area contributed by atoms with E-state index in [1.165, 1.54) is 24.5 Å². The first-order valence-corrected chi connectivity index (χ1v) is 13.0. The SMILES string of the molecule is Fc1cccnc1-c1cc2c(-c3nc(N4CCC5NCC[C@H]54)c4c(C5CC5)cncc4n3)ccnc2[nH]1. The summed E-state index contributed by atoms with van der Waals surface area (Å²) < 4.78 is 14.5. The molecule has 3 fully saturated rings. The Balaban J connectivity index is 1.34. The number of nitrogens with one attached hydrogen (secondary N) is 2. The third-order valence-electron chi connectivity index (χ3n) is 8.09. The van der Waals surface area contributed by atoms with Gasteiger partial charge in [0.2, 0.25) is 0 Å². The van der Waals surface area contributed by atoms with Gasteiger partial charge in [-0.15, -0.1) is 0 Å². The summed E-state index contributed by atoms with van der Waals surface area (Å²) in [6, 6.07) is 7.76. The van der Waals surface area contributed by atoms with Gasteiger partial charge in [0.15, 0.2) is 11.6 Å². The van der Waals surface area contributed by atoms with Crippen molar-refractivity contribution >= 4 is 27.8 Å². The molecule has 0 spiro atoms. The lowest BCUT2D eigenvalue weighted by Gasteiger charge is -2.27. The number of H-pyrrole nitrogens is 1. The molecule has 1 aliphatic carbocycles. The molecule has 9 heteroatoms. The number of rotatable bonds is 4. The van der Waals surface area contributed by atoms with Crippen molar-refractivity contribution in [2.75, 3.05) is 18.0 Å². The zero-order chi connectivity index (χ0) is 24.5. The van der Waals surface area contributed by atoms with Gasteiger partial charge in [0, 0.05) is 53.6 Å². The molecule has 2 atom stereocenters. The first kappa shape index (κ1) is 21.1. The number of halogens is 1. The number of fused-ring (bicyclic) bond motifs is 3. The van der Waals surface area contributed by atoms with Crippen LogP contribution in [0.25, 0.3) is 44.7 Å². The van der Waals surface area contributed by atoms with E-state index in [1.807, 2.05) is 24.5 Å². The van der Waals surface area contributed by atoms with Crippen molar-refractivity contribution in [1.29, 1.82) is 0 Å². The fourth-order valence-corrected chi connectivity index (χ4v) is 6.18. The summed E-state index contributed by atoms with van der Waals surface area (Å²) in [5.41, 5.74) is 4.48. The molecular formula is C28H25FN8. The fraction of sp³-hybridized carbons (Fsp3) is 0.321. The summed E-state index contributed by atoms with van der Waals surface area (Å²) in [4.78, 5) is 29.3. The lowest BCUT2D eigenvalue weighted by molar-refractivity contribution is 0.600. The molecule has 8 nitrogen and oxygen atoms in total. The van der Waals surface area contributed by atoms with Crippen LogP contribution in [0.1, 0.15) is 37.2 Å². The third-order valence-corrected chi connectivity index (χ3v) is 8.09. The van der Waals surface area contributed by atoms with Gasteiger partial charge in [-0.05, 0) is 68.0 Å². The zero-order valence-electron chi connectivity index (χ0n) is 20.2. The fourth-order valence-electron chi connectivity index (χ4n) is 6.18. The average Bonchev–Trinajstić information content (AvgIpc) is 3.30. The van der Waals surface area contributed by atoms with Crippen molar-refractivity contribution in [2.45, 2.75) is 43.7 Å². The van der Waals surface area contributed by atoms with E-state index in [0.29, 0.717) is 35.2 Å². The molecule has 37 heavy (non-hydrogen) atoms. The van der Waals surface area contributed by atoms with Crippen molar-refractivity contribution in [3.8, 4) is 22.8 Å². The second-order valence-electron chi connectivity index (χ2n) is 10.3. The Labute approximate surface area is 212 Å². The van der Waals surface area contributed by atoms with Crippen LogP contribution in [0.3, 0.4) is 0 Å². The van der Waals surface area contributed by atoms with Crippen LogP contribution in [-0.4, -0.2) is 55.1 Å².